The predicted octanol–water partition coefficient (Wildman–Crippen LogP) is 2.00. The fourth-order valence-corrected chi connectivity index (χ4v) is 4.28. The Labute approximate surface area is 160 Å². The molecule has 7 heteroatoms. The number of halogens is 1. The Kier molecular flexibility index (Phi) is 7.29. The van der Waals surface area contributed by atoms with Crippen LogP contribution in [0, 0.1) is 11.8 Å². The van der Waals surface area contributed by atoms with Crippen molar-refractivity contribution in [3.8, 4) is 5.75 Å². The highest BCUT2D eigenvalue weighted by Gasteiger charge is 2.39. The fraction of sp³-hybridized carbons (Fsp3) is 0.579. The molecule has 5 N–H and O–H groups in total. The number of nitrogens with one attached hydrogen (secondary N) is 1. The molecule has 2 aliphatic rings. The highest BCUT2D eigenvalue weighted by Crippen LogP contribution is 2.39. The average Bonchev–Trinajstić information content (AvgIpc) is 2.56. The van der Waals surface area contributed by atoms with Gasteiger partial charge in [0.25, 0.3) is 0 Å². The topological polar surface area (TPSA) is 107 Å². The first-order chi connectivity index (χ1) is 12.0. The molecule has 26 heavy (non-hydrogen) atoms. The van der Waals surface area contributed by atoms with Crippen molar-refractivity contribution >= 4 is 24.2 Å². The van der Waals surface area contributed by atoms with E-state index in [1.165, 1.54) is 6.42 Å². The molecule has 0 spiro atoms. The van der Waals surface area contributed by atoms with Crippen molar-refractivity contribution in [3.05, 3.63) is 29.8 Å². The third-order valence-corrected chi connectivity index (χ3v) is 5.42. The Morgan fingerprint density at radius 2 is 1.88 bits per heavy atom. The second-order valence-electron chi connectivity index (χ2n) is 7.27. The lowest BCUT2D eigenvalue weighted by atomic mass is 9.67. The number of hydrogen-bond acceptors (Lipinski definition) is 4. The number of carbonyl (C=O) groups excluding carboxylic acids is 2. The summed E-state index contributed by atoms with van der Waals surface area (Å²) in [5.74, 6) is 1.09. The van der Waals surface area contributed by atoms with Crippen molar-refractivity contribution < 1.29 is 14.3 Å². The van der Waals surface area contributed by atoms with Crippen LogP contribution in [-0.2, 0) is 4.79 Å². The predicted molar refractivity (Wildman–Crippen MR) is 102 cm³/mol. The molecule has 2 bridgehead atoms. The Balaban J connectivity index is 0.00000243. The van der Waals surface area contributed by atoms with E-state index in [0.29, 0.717) is 29.6 Å². The van der Waals surface area contributed by atoms with E-state index in [1.54, 1.807) is 24.3 Å². The Bertz CT molecular complexity index is 626. The molecule has 2 aliphatic carbocycles. The quantitative estimate of drug-likeness (QED) is 0.700. The monoisotopic (exact) mass is 381 g/mol. The first-order valence-electron chi connectivity index (χ1n) is 9.10. The Morgan fingerprint density at radius 3 is 2.54 bits per heavy atom. The third-order valence-electron chi connectivity index (χ3n) is 5.42. The van der Waals surface area contributed by atoms with Crippen LogP contribution in [0.5, 0.6) is 5.75 Å². The van der Waals surface area contributed by atoms with Gasteiger partial charge in [0.15, 0.2) is 0 Å². The zero-order valence-electron chi connectivity index (χ0n) is 14.9. The fourth-order valence-electron chi connectivity index (χ4n) is 4.28. The van der Waals surface area contributed by atoms with Gasteiger partial charge >= 0.3 is 0 Å². The lowest BCUT2D eigenvalue weighted by Gasteiger charge is -2.45. The van der Waals surface area contributed by atoms with E-state index < -0.39 is 5.91 Å². The van der Waals surface area contributed by atoms with Crippen LogP contribution < -0.4 is 21.5 Å². The summed E-state index contributed by atoms with van der Waals surface area (Å²) in [6.45, 7) is 0.273. The van der Waals surface area contributed by atoms with E-state index in [-0.39, 0.29) is 37.0 Å². The molecule has 1 aromatic rings. The zero-order valence-corrected chi connectivity index (χ0v) is 15.7. The molecule has 2 unspecified atom stereocenters. The van der Waals surface area contributed by atoms with Gasteiger partial charge in [-0.1, -0.05) is 12.5 Å². The first-order valence-corrected chi connectivity index (χ1v) is 9.10. The van der Waals surface area contributed by atoms with Gasteiger partial charge in [0, 0.05) is 17.6 Å². The van der Waals surface area contributed by atoms with Crippen molar-refractivity contribution in [2.75, 3.05) is 6.61 Å². The maximum absolute atomic E-state index is 12.3. The Morgan fingerprint density at radius 1 is 1.19 bits per heavy atom. The summed E-state index contributed by atoms with van der Waals surface area (Å²) < 4.78 is 5.58. The van der Waals surface area contributed by atoms with Crippen LogP contribution in [0.1, 0.15) is 48.9 Å². The number of amides is 2. The first kappa shape index (κ1) is 20.5. The molecule has 1 aromatic carbocycles. The molecule has 6 nitrogen and oxygen atoms in total. The molecule has 0 aliphatic heterocycles. The molecule has 2 saturated carbocycles. The maximum Gasteiger partial charge on any atom is 0.248 e. The summed E-state index contributed by atoms with van der Waals surface area (Å²) in [5.41, 5.74) is 11.8. The lowest BCUT2D eigenvalue weighted by molar-refractivity contribution is -0.123. The van der Waals surface area contributed by atoms with E-state index >= 15 is 0 Å². The SMILES string of the molecule is Cl.NC(=O)c1cccc(OCCC(=O)NC2C3CCCC2CC(N)C3)c1. The minimum Gasteiger partial charge on any atom is -0.493 e. The van der Waals surface area contributed by atoms with Crippen LogP contribution in [0.4, 0.5) is 0 Å². The van der Waals surface area contributed by atoms with E-state index in [0.717, 1.165) is 25.7 Å². The molecule has 0 aromatic heterocycles. The second-order valence-corrected chi connectivity index (χ2v) is 7.27. The normalized spacial score (nSPS) is 27.1. The van der Waals surface area contributed by atoms with Gasteiger partial charge in [-0.2, -0.15) is 0 Å². The second kappa shape index (κ2) is 9.24. The molecule has 144 valence electrons. The molecule has 0 radical (unpaired) electrons. The van der Waals surface area contributed by atoms with Crippen molar-refractivity contribution in [1.29, 1.82) is 0 Å². The van der Waals surface area contributed by atoms with Gasteiger partial charge in [-0.05, 0) is 55.7 Å². The smallest absolute Gasteiger partial charge is 0.248 e. The molecule has 3 rings (SSSR count). The van der Waals surface area contributed by atoms with Gasteiger partial charge in [-0.25, -0.2) is 0 Å². The van der Waals surface area contributed by atoms with Crippen molar-refractivity contribution in [2.24, 2.45) is 23.3 Å². The molecule has 2 atom stereocenters. The number of hydrogen-bond donors (Lipinski definition) is 3. The number of primary amides is 1. The van der Waals surface area contributed by atoms with Crippen LogP contribution in [0.3, 0.4) is 0 Å². The summed E-state index contributed by atoms with van der Waals surface area (Å²) in [5, 5.41) is 3.21. The van der Waals surface area contributed by atoms with Gasteiger partial charge in [0.05, 0.1) is 13.0 Å². The minimum atomic E-state index is -0.495. The van der Waals surface area contributed by atoms with Crippen molar-refractivity contribution in [3.63, 3.8) is 0 Å². The van der Waals surface area contributed by atoms with Crippen LogP contribution in [0.15, 0.2) is 24.3 Å². The summed E-state index contributed by atoms with van der Waals surface area (Å²) in [4.78, 5) is 23.5. The average molecular weight is 382 g/mol. The minimum absolute atomic E-state index is 0. The lowest BCUT2D eigenvalue weighted by Crippen LogP contribution is -2.53. The number of nitrogens with two attached hydrogens (primary N) is 2. The summed E-state index contributed by atoms with van der Waals surface area (Å²) in [6, 6.07) is 7.23. The van der Waals surface area contributed by atoms with Crippen LogP contribution in [0.25, 0.3) is 0 Å². The van der Waals surface area contributed by atoms with Gasteiger partial charge in [-0.15, -0.1) is 12.4 Å². The van der Waals surface area contributed by atoms with Gasteiger partial charge in [0.2, 0.25) is 11.8 Å². The summed E-state index contributed by atoms with van der Waals surface area (Å²) in [6.07, 6.45) is 5.88. The van der Waals surface area contributed by atoms with E-state index in [1.807, 2.05) is 0 Å². The van der Waals surface area contributed by atoms with Gasteiger partial charge in [0.1, 0.15) is 5.75 Å². The van der Waals surface area contributed by atoms with Crippen molar-refractivity contribution in [1.82, 2.24) is 5.32 Å². The largest absolute Gasteiger partial charge is 0.493 e. The van der Waals surface area contributed by atoms with Crippen LogP contribution in [-0.4, -0.2) is 30.5 Å². The molecule has 0 saturated heterocycles. The molecular formula is C19H28ClN3O3. The van der Waals surface area contributed by atoms with E-state index in [9.17, 15) is 9.59 Å². The zero-order chi connectivity index (χ0) is 17.8. The standard InChI is InChI=1S/C19H27N3O3.ClH/c20-15-9-12-3-1-4-13(10-15)18(12)22-17(23)7-8-25-16-6-2-5-14(11-16)19(21)24;/h2,5-6,11-13,15,18H,1,3-4,7-10,20H2,(H2,21,24)(H,22,23);1H. The third kappa shape index (κ3) is 5.11. The summed E-state index contributed by atoms with van der Waals surface area (Å²) >= 11 is 0. The highest BCUT2D eigenvalue weighted by atomic mass is 35.5. The number of fused-ring (bicyclic) bond motifs is 2. The van der Waals surface area contributed by atoms with E-state index in [4.69, 9.17) is 16.2 Å². The number of rotatable bonds is 6. The van der Waals surface area contributed by atoms with E-state index in [2.05, 4.69) is 5.32 Å². The Hall–Kier alpha value is -1.79. The highest BCUT2D eigenvalue weighted by molar-refractivity contribution is 5.93. The van der Waals surface area contributed by atoms with Crippen LogP contribution >= 0.6 is 12.4 Å². The van der Waals surface area contributed by atoms with Crippen LogP contribution in [0.2, 0.25) is 0 Å². The number of carbonyl (C=O) groups is 2. The number of ether oxygens (including phenoxy) is 1. The molecule has 2 amide bonds. The van der Waals surface area contributed by atoms with Crippen molar-refractivity contribution in [2.45, 2.75) is 50.6 Å². The number of benzene rings is 1. The molecule has 2 fully saturated rings. The maximum atomic E-state index is 12.3. The molecule has 0 heterocycles. The molecular weight excluding hydrogens is 354 g/mol. The summed E-state index contributed by atoms with van der Waals surface area (Å²) in [7, 11) is 0. The van der Waals surface area contributed by atoms with Gasteiger partial charge < -0.3 is 21.5 Å². The van der Waals surface area contributed by atoms with Gasteiger partial charge in [-0.3, -0.25) is 9.59 Å².